The van der Waals surface area contributed by atoms with Gasteiger partial charge in [-0.3, -0.25) is 0 Å². The molecule has 0 spiro atoms. The SMILES string of the molecule is CCC1CCC(C#N)(C(C)(O)c2cc(C)ccc2C)C1. The van der Waals surface area contributed by atoms with E-state index in [4.69, 9.17) is 0 Å². The number of aliphatic hydroxyl groups is 1. The number of hydrogen-bond acceptors (Lipinski definition) is 2. The molecule has 2 heteroatoms. The molecule has 1 aliphatic rings. The molecule has 3 atom stereocenters. The van der Waals surface area contributed by atoms with E-state index < -0.39 is 11.0 Å². The van der Waals surface area contributed by atoms with E-state index >= 15 is 0 Å². The molecule has 1 aromatic carbocycles. The molecule has 1 fully saturated rings. The first-order valence-electron chi connectivity index (χ1n) is 7.57. The normalized spacial score (nSPS) is 28.9. The second kappa shape index (κ2) is 5.22. The van der Waals surface area contributed by atoms with E-state index in [1.807, 2.05) is 32.9 Å². The summed E-state index contributed by atoms with van der Waals surface area (Å²) >= 11 is 0. The summed E-state index contributed by atoms with van der Waals surface area (Å²) in [5.41, 5.74) is 1.38. The van der Waals surface area contributed by atoms with E-state index in [-0.39, 0.29) is 0 Å². The first-order valence-corrected chi connectivity index (χ1v) is 7.57. The van der Waals surface area contributed by atoms with Crippen LogP contribution in [0.1, 0.15) is 56.2 Å². The van der Waals surface area contributed by atoms with Gasteiger partial charge in [-0.2, -0.15) is 5.26 Å². The summed E-state index contributed by atoms with van der Waals surface area (Å²) in [5, 5.41) is 21.0. The van der Waals surface area contributed by atoms with Crippen molar-refractivity contribution in [2.45, 2.75) is 59.0 Å². The van der Waals surface area contributed by atoms with Crippen LogP contribution >= 0.6 is 0 Å². The van der Waals surface area contributed by atoms with Gasteiger partial charge in [-0.1, -0.05) is 37.1 Å². The molecule has 0 amide bonds. The van der Waals surface area contributed by atoms with Crippen molar-refractivity contribution in [1.29, 1.82) is 5.26 Å². The van der Waals surface area contributed by atoms with Crippen LogP contribution in [0.3, 0.4) is 0 Å². The first-order chi connectivity index (χ1) is 9.36. The number of hydrogen-bond donors (Lipinski definition) is 1. The fourth-order valence-corrected chi connectivity index (χ4v) is 3.67. The van der Waals surface area contributed by atoms with Gasteiger partial charge in [0.25, 0.3) is 0 Å². The number of benzene rings is 1. The number of nitrogens with zero attached hydrogens (tertiary/aromatic N) is 1. The van der Waals surface area contributed by atoms with Crippen LogP contribution in [0.2, 0.25) is 0 Å². The van der Waals surface area contributed by atoms with Crippen molar-refractivity contribution in [3.05, 3.63) is 34.9 Å². The molecule has 2 nitrogen and oxygen atoms in total. The zero-order valence-electron chi connectivity index (χ0n) is 13.0. The fourth-order valence-electron chi connectivity index (χ4n) is 3.67. The lowest BCUT2D eigenvalue weighted by atomic mass is 9.67. The van der Waals surface area contributed by atoms with Crippen molar-refractivity contribution >= 4 is 0 Å². The predicted molar refractivity (Wildman–Crippen MR) is 81.2 cm³/mol. The van der Waals surface area contributed by atoms with Crippen molar-refractivity contribution < 1.29 is 5.11 Å². The molecule has 1 aliphatic carbocycles. The number of rotatable bonds is 3. The molecule has 0 heterocycles. The minimum atomic E-state index is -1.08. The average molecular weight is 271 g/mol. The standard InChI is InChI=1S/C18H25NO/c1-5-15-8-9-18(11-15,12-19)17(4,20)16-10-13(2)6-7-14(16)3/h6-7,10,15,20H,5,8-9,11H2,1-4H3. The zero-order chi connectivity index (χ0) is 15.0. The summed E-state index contributed by atoms with van der Waals surface area (Å²) in [4.78, 5) is 0. The van der Waals surface area contributed by atoms with Gasteiger partial charge in [0.15, 0.2) is 0 Å². The lowest BCUT2D eigenvalue weighted by Gasteiger charge is -2.39. The van der Waals surface area contributed by atoms with E-state index in [1.54, 1.807) is 0 Å². The molecule has 1 N–H and O–H groups in total. The third-order valence-electron chi connectivity index (χ3n) is 5.26. The molecule has 0 aliphatic heterocycles. The van der Waals surface area contributed by atoms with Crippen molar-refractivity contribution in [2.24, 2.45) is 11.3 Å². The quantitative estimate of drug-likeness (QED) is 0.894. The Balaban J connectivity index is 2.48. The summed E-state index contributed by atoms with van der Waals surface area (Å²) in [7, 11) is 0. The highest BCUT2D eigenvalue weighted by Crippen LogP contribution is 2.54. The second-order valence-corrected chi connectivity index (χ2v) is 6.60. The largest absolute Gasteiger partial charge is 0.384 e. The first kappa shape index (κ1) is 15.1. The Morgan fingerprint density at radius 3 is 2.70 bits per heavy atom. The summed E-state index contributed by atoms with van der Waals surface area (Å²) in [5.74, 6) is 0.561. The third kappa shape index (κ3) is 2.25. The van der Waals surface area contributed by atoms with Gasteiger partial charge in [0.2, 0.25) is 0 Å². The molecule has 2 rings (SSSR count). The lowest BCUT2D eigenvalue weighted by Crippen LogP contribution is -2.41. The van der Waals surface area contributed by atoms with Crippen LogP contribution in [0.25, 0.3) is 0 Å². The van der Waals surface area contributed by atoms with E-state index in [2.05, 4.69) is 19.1 Å². The van der Waals surface area contributed by atoms with Gasteiger partial charge in [-0.25, -0.2) is 0 Å². The monoisotopic (exact) mass is 271 g/mol. The highest BCUT2D eigenvalue weighted by molar-refractivity contribution is 5.38. The Morgan fingerprint density at radius 2 is 2.15 bits per heavy atom. The zero-order valence-corrected chi connectivity index (χ0v) is 13.0. The molecule has 0 aromatic heterocycles. The Morgan fingerprint density at radius 1 is 1.45 bits per heavy atom. The summed E-state index contributed by atoms with van der Waals surface area (Å²) in [6.45, 7) is 8.04. The molecule has 0 bridgehead atoms. The summed E-state index contributed by atoms with van der Waals surface area (Å²) < 4.78 is 0. The van der Waals surface area contributed by atoms with Crippen LogP contribution in [-0.4, -0.2) is 5.11 Å². The Bertz CT molecular complexity index is 541. The summed E-state index contributed by atoms with van der Waals surface area (Å²) in [6, 6.07) is 8.60. The van der Waals surface area contributed by atoms with Gasteiger partial charge in [0, 0.05) is 0 Å². The van der Waals surface area contributed by atoms with E-state index in [0.29, 0.717) is 5.92 Å². The van der Waals surface area contributed by atoms with E-state index in [0.717, 1.165) is 42.4 Å². The minimum Gasteiger partial charge on any atom is -0.384 e. The van der Waals surface area contributed by atoms with Crippen LogP contribution in [0.15, 0.2) is 18.2 Å². The van der Waals surface area contributed by atoms with Gasteiger partial charge in [0.1, 0.15) is 5.60 Å². The van der Waals surface area contributed by atoms with E-state index in [9.17, 15) is 10.4 Å². The van der Waals surface area contributed by atoms with Crippen molar-refractivity contribution in [1.82, 2.24) is 0 Å². The van der Waals surface area contributed by atoms with Crippen LogP contribution in [0.4, 0.5) is 0 Å². The molecule has 108 valence electrons. The maximum atomic E-state index is 11.2. The van der Waals surface area contributed by atoms with Crippen LogP contribution in [-0.2, 0) is 5.60 Å². The lowest BCUT2D eigenvalue weighted by molar-refractivity contribution is -0.0447. The van der Waals surface area contributed by atoms with Crippen LogP contribution in [0.5, 0.6) is 0 Å². The maximum Gasteiger partial charge on any atom is 0.106 e. The summed E-state index contributed by atoms with van der Waals surface area (Å²) in [6.07, 6.45) is 3.74. The Hall–Kier alpha value is -1.33. The molecule has 3 unspecified atom stereocenters. The molecule has 0 radical (unpaired) electrons. The van der Waals surface area contributed by atoms with Gasteiger partial charge < -0.3 is 5.11 Å². The maximum absolute atomic E-state index is 11.2. The predicted octanol–water partition coefficient (Wildman–Crippen LogP) is 4.23. The Kier molecular flexibility index (Phi) is 3.93. The van der Waals surface area contributed by atoms with Crippen molar-refractivity contribution in [2.75, 3.05) is 0 Å². The molecule has 1 aromatic rings. The highest BCUT2D eigenvalue weighted by atomic mass is 16.3. The number of nitriles is 1. The van der Waals surface area contributed by atoms with E-state index in [1.165, 1.54) is 0 Å². The van der Waals surface area contributed by atoms with Gasteiger partial charge >= 0.3 is 0 Å². The van der Waals surface area contributed by atoms with Crippen LogP contribution < -0.4 is 0 Å². The van der Waals surface area contributed by atoms with Crippen molar-refractivity contribution in [3.63, 3.8) is 0 Å². The minimum absolute atomic E-state index is 0.561. The van der Waals surface area contributed by atoms with Crippen LogP contribution in [0, 0.1) is 36.5 Å². The van der Waals surface area contributed by atoms with Gasteiger partial charge in [-0.05, 0) is 57.1 Å². The number of aryl methyl sites for hydroxylation is 2. The van der Waals surface area contributed by atoms with Crippen molar-refractivity contribution in [3.8, 4) is 6.07 Å². The average Bonchev–Trinajstić information content (AvgIpc) is 2.86. The molecule has 1 saturated carbocycles. The smallest absolute Gasteiger partial charge is 0.106 e. The van der Waals surface area contributed by atoms with Gasteiger partial charge in [0.05, 0.1) is 11.5 Å². The molecular formula is C18H25NO. The molecular weight excluding hydrogens is 246 g/mol. The highest BCUT2D eigenvalue weighted by Gasteiger charge is 2.53. The topological polar surface area (TPSA) is 44.0 Å². The van der Waals surface area contributed by atoms with Gasteiger partial charge in [-0.15, -0.1) is 0 Å². The third-order valence-corrected chi connectivity index (χ3v) is 5.26. The molecule has 20 heavy (non-hydrogen) atoms. The Labute approximate surface area is 122 Å². The second-order valence-electron chi connectivity index (χ2n) is 6.60. The molecule has 0 saturated heterocycles. The fraction of sp³-hybridized carbons (Fsp3) is 0.611.